The van der Waals surface area contributed by atoms with Crippen LogP contribution < -0.4 is 5.32 Å². The van der Waals surface area contributed by atoms with E-state index in [1.807, 2.05) is 37.0 Å². The van der Waals surface area contributed by atoms with E-state index in [0.29, 0.717) is 12.0 Å². The number of hydrogen-bond acceptors (Lipinski definition) is 4. The lowest BCUT2D eigenvalue weighted by molar-refractivity contribution is 0.156. The molecule has 0 amide bonds. The number of aliphatic imine (C=N–C) groups is 1. The summed E-state index contributed by atoms with van der Waals surface area (Å²) in [5, 5.41) is 3.52. The molecule has 27 heavy (non-hydrogen) atoms. The summed E-state index contributed by atoms with van der Waals surface area (Å²) in [5.74, 6) is 2.79. The normalized spacial score (nSPS) is 22.3. The number of halogens is 1. The molecule has 4 rings (SSSR count). The van der Waals surface area contributed by atoms with Gasteiger partial charge in [0, 0.05) is 62.9 Å². The van der Waals surface area contributed by atoms with Crippen molar-refractivity contribution in [3.8, 4) is 5.82 Å². The molecule has 0 aromatic carbocycles. The van der Waals surface area contributed by atoms with Gasteiger partial charge in [0.2, 0.25) is 0 Å². The second-order valence-corrected chi connectivity index (χ2v) is 7.21. The number of nitrogens with one attached hydrogen (secondary N) is 1. The summed E-state index contributed by atoms with van der Waals surface area (Å²) in [4.78, 5) is 15.7. The van der Waals surface area contributed by atoms with E-state index in [1.54, 1.807) is 6.20 Å². The van der Waals surface area contributed by atoms with E-state index in [4.69, 9.17) is 4.74 Å². The second-order valence-electron chi connectivity index (χ2n) is 7.21. The average molecular weight is 482 g/mol. The third-order valence-corrected chi connectivity index (χ3v) is 5.49. The Hall–Kier alpha value is -1.68. The summed E-state index contributed by atoms with van der Waals surface area (Å²) < 4.78 is 7.65. The Morgan fingerprint density at radius 3 is 2.93 bits per heavy atom. The van der Waals surface area contributed by atoms with Gasteiger partial charge in [-0.1, -0.05) is 6.07 Å². The van der Waals surface area contributed by atoms with Gasteiger partial charge in [0.1, 0.15) is 11.6 Å². The van der Waals surface area contributed by atoms with E-state index in [1.165, 1.54) is 6.42 Å². The van der Waals surface area contributed by atoms with Crippen LogP contribution in [0.1, 0.15) is 24.2 Å². The minimum Gasteiger partial charge on any atom is -0.381 e. The molecular formula is C19H27IN6O. The van der Waals surface area contributed by atoms with Crippen molar-refractivity contribution < 1.29 is 4.74 Å². The van der Waals surface area contributed by atoms with Gasteiger partial charge in [-0.25, -0.2) is 9.97 Å². The third kappa shape index (κ3) is 4.11. The first kappa shape index (κ1) is 20.1. The lowest BCUT2D eigenvalue weighted by Crippen LogP contribution is -2.41. The van der Waals surface area contributed by atoms with E-state index in [0.717, 1.165) is 55.9 Å². The number of likely N-dealkylation sites (tertiary alicyclic amines) is 1. The molecule has 1 N–H and O–H groups in total. The van der Waals surface area contributed by atoms with Crippen LogP contribution in [0.5, 0.6) is 0 Å². The van der Waals surface area contributed by atoms with E-state index < -0.39 is 0 Å². The Labute approximate surface area is 177 Å². The predicted octanol–water partition coefficient (Wildman–Crippen LogP) is 2.38. The first-order valence-corrected chi connectivity index (χ1v) is 9.18. The minimum atomic E-state index is 0. The van der Waals surface area contributed by atoms with E-state index in [9.17, 15) is 0 Å². The van der Waals surface area contributed by atoms with Crippen LogP contribution in [0.4, 0.5) is 0 Å². The zero-order chi connectivity index (χ0) is 18.0. The Bertz CT molecular complexity index is 799. The molecule has 7 nitrogen and oxygen atoms in total. The topological polar surface area (TPSA) is 67.6 Å². The van der Waals surface area contributed by atoms with Crippen LogP contribution in [0.15, 0.2) is 35.7 Å². The van der Waals surface area contributed by atoms with Crippen molar-refractivity contribution in [2.45, 2.75) is 26.3 Å². The van der Waals surface area contributed by atoms with Crippen molar-refractivity contribution in [2.75, 3.05) is 33.4 Å². The molecule has 1 atom stereocenters. The molecule has 2 fully saturated rings. The fourth-order valence-electron chi connectivity index (χ4n) is 3.98. The van der Waals surface area contributed by atoms with Gasteiger partial charge in [-0.15, -0.1) is 24.0 Å². The highest BCUT2D eigenvalue weighted by molar-refractivity contribution is 14.0. The van der Waals surface area contributed by atoms with Crippen molar-refractivity contribution in [1.82, 2.24) is 24.8 Å². The molecule has 1 spiro atoms. The largest absolute Gasteiger partial charge is 0.381 e. The molecule has 2 aliphatic heterocycles. The summed E-state index contributed by atoms with van der Waals surface area (Å²) in [5.41, 5.74) is 1.44. The van der Waals surface area contributed by atoms with Gasteiger partial charge >= 0.3 is 0 Å². The highest BCUT2D eigenvalue weighted by Crippen LogP contribution is 2.38. The van der Waals surface area contributed by atoms with Gasteiger partial charge in [-0.2, -0.15) is 0 Å². The number of ether oxygens (including phenoxy) is 1. The maximum absolute atomic E-state index is 5.64. The molecule has 2 saturated heterocycles. The standard InChI is InChI=1S/C19H26N6O.HI/c1-15-21-8-10-25(15)17-16(4-3-7-22-17)12-23-18(20-2)24-9-5-19(13-24)6-11-26-14-19;/h3-4,7-8,10H,5-6,9,11-14H2,1-2H3,(H,20,23);1H. The number of imidazole rings is 1. The summed E-state index contributed by atoms with van der Waals surface area (Å²) in [6.45, 7) is 6.48. The van der Waals surface area contributed by atoms with Crippen molar-refractivity contribution in [2.24, 2.45) is 10.4 Å². The van der Waals surface area contributed by atoms with Gasteiger partial charge in [0.05, 0.1) is 6.61 Å². The second kappa shape index (κ2) is 8.55. The molecule has 2 aromatic heterocycles. The van der Waals surface area contributed by atoms with Gasteiger partial charge in [-0.3, -0.25) is 9.56 Å². The Kier molecular flexibility index (Phi) is 6.36. The van der Waals surface area contributed by atoms with Crippen LogP contribution in [0, 0.1) is 12.3 Å². The quantitative estimate of drug-likeness (QED) is 0.414. The third-order valence-electron chi connectivity index (χ3n) is 5.49. The molecule has 2 aromatic rings. The van der Waals surface area contributed by atoms with Crippen molar-refractivity contribution in [3.05, 3.63) is 42.1 Å². The number of aromatic nitrogens is 3. The predicted molar refractivity (Wildman–Crippen MR) is 116 cm³/mol. The fourth-order valence-corrected chi connectivity index (χ4v) is 3.98. The molecule has 4 heterocycles. The van der Waals surface area contributed by atoms with Crippen LogP contribution in [0.2, 0.25) is 0 Å². The zero-order valence-electron chi connectivity index (χ0n) is 15.9. The molecule has 146 valence electrons. The van der Waals surface area contributed by atoms with Gasteiger partial charge in [-0.05, 0) is 25.8 Å². The van der Waals surface area contributed by atoms with Crippen LogP contribution in [-0.2, 0) is 11.3 Å². The monoisotopic (exact) mass is 482 g/mol. The van der Waals surface area contributed by atoms with E-state index >= 15 is 0 Å². The minimum absolute atomic E-state index is 0. The van der Waals surface area contributed by atoms with E-state index in [-0.39, 0.29) is 24.0 Å². The highest BCUT2D eigenvalue weighted by atomic mass is 127. The lowest BCUT2D eigenvalue weighted by Gasteiger charge is -2.25. The smallest absolute Gasteiger partial charge is 0.193 e. The number of pyridine rings is 1. The number of aryl methyl sites for hydroxylation is 1. The molecular weight excluding hydrogens is 455 g/mol. The fraction of sp³-hybridized carbons (Fsp3) is 0.526. The zero-order valence-corrected chi connectivity index (χ0v) is 18.2. The molecule has 0 radical (unpaired) electrons. The number of nitrogens with zero attached hydrogens (tertiary/aromatic N) is 5. The van der Waals surface area contributed by atoms with Gasteiger partial charge < -0.3 is 15.0 Å². The summed E-state index contributed by atoms with van der Waals surface area (Å²) in [6.07, 6.45) is 7.90. The lowest BCUT2D eigenvalue weighted by atomic mass is 9.87. The summed E-state index contributed by atoms with van der Waals surface area (Å²) in [6, 6.07) is 4.06. The first-order chi connectivity index (χ1) is 12.7. The molecule has 1 unspecified atom stereocenters. The average Bonchev–Trinajstić information content (AvgIpc) is 3.39. The van der Waals surface area contributed by atoms with Gasteiger partial charge in [0.15, 0.2) is 5.96 Å². The van der Waals surface area contributed by atoms with Crippen molar-refractivity contribution in [1.29, 1.82) is 0 Å². The first-order valence-electron chi connectivity index (χ1n) is 9.18. The Morgan fingerprint density at radius 1 is 1.33 bits per heavy atom. The van der Waals surface area contributed by atoms with E-state index in [2.05, 4.69) is 31.2 Å². The van der Waals surface area contributed by atoms with Crippen LogP contribution in [-0.4, -0.2) is 58.7 Å². The molecule has 0 aliphatic carbocycles. The Morgan fingerprint density at radius 2 is 2.22 bits per heavy atom. The van der Waals surface area contributed by atoms with Crippen molar-refractivity contribution >= 4 is 29.9 Å². The molecule has 8 heteroatoms. The maximum atomic E-state index is 5.64. The Balaban J connectivity index is 0.00000210. The molecule has 0 saturated carbocycles. The van der Waals surface area contributed by atoms with Crippen molar-refractivity contribution in [3.63, 3.8) is 0 Å². The SMILES string of the molecule is CN=C(NCc1cccnc1-n1ccnc1C)N1CCC2(CCOC2)C1.I. The molecule has 0 bridgehead atoms. The van der Waals surface area contributed by atoms with Crippen LogP contribution in [0.3, 0.4) is 0 Å². The maximum Gasteiger partial charge on any atom is 0.193 e. The summed E-state index contributed by atoms with van der Waals surface area (Å²) >= 11 is 0. The number of guanidine groups is 1. The van der Waals surface area contributed by atoms with Crippen LogP contribution >= 0.6 is 24.0 Å². The van der Waals surface area contributed by atoms with Gasteiger partial charge in [0.25, 0.3) is 0 Å². The molecule has 2 aliphatic rings. The highest BCUT2D eigenvalue weighted by Gasteiger charge is 2.42. The number of rotatable bonds is 3. The number of hydrogen-bond donors (Lipinski definition) is 1. The van der Waals surface area contributed by atoms with Crippen LogP contribution in [0.25, 0.3) is 5.82 Å². The summed E-state index contributed by atoms with van der Waals surface area (Å²) in [7, 11) is 1.85.